The van der Waals surface area contributed by atoms with Crippen molar-refractivity contribution in [3.63, 3.8) is 0 Å². The second kappa shape index (κ2) is 4.78. The lowest BCUT2D eigenvalue weighted by molar-refractivity contribution is -0.772. The summed E-state index contributed by atoms with van der Waals surface area (Å²) in [5.41, 5.74) is 7.13. The summed E-state index contributed by atoms with van der Waals surface area (Å²) in [4.78, 5) is 15.6. The van der Waals surface area contributed by atoms with Crippen LogP contribution < -0.4 is 5.73 Å². The molecule has 0 aliphatic heterocycles. The van der Waals surface area contributed by atoms with E-state index < -0.39 is 5.09 Å². The Morgan fingerprint density at radius 1 is 1.68 bits per heavy atom. The van der Waals surface area contributed by atoms with Crippen LogP contribution in [0.1, 0.15) is 46.5 Å². The minimum atomic E-state index is -0.656. The molecular formula is C14H24N2O3. The summed E-state index contributed by atoms with van der Waals surface area (Å²) in [5.74, 6) is 0.556. The second-order valence-corrected chi connectivity index (χ2v) is 6.86. The lowest BCUT2D eigenvalue weighted by Crippen LogP contribution is -2.48. The van der Waals surface area contributed by atoms with Crippen molar-refractivity contribution in [1.82, 2.24) is 0 Å². The van der Waals surface area contributed by atoms with E-state index in [2.05, 4.69) is 19.9 Å². The third-order valence-electron chi connectivity index (χ3n) is 4.83. The molecule has 5 nitrogen and oxygen atoms in total. The molecule has 2 rings (SSSR count). The van der Waals surface area contributed by atoms with Crippen LogP contribution >= 0.6 is 0 Å². The smallest absolute Gasteiger partial charge is 0.294 e. The van der Waals surface area contributed by atoms with E-state index in [1.165, 1.54) is 5.57 Å². The Labute approximate surface area is 114 Å². The highest BCUT2D eigenvalue weighted by Gasteiger charge is 2.49. The van der Waals surface area contributed by atoms with Gasteiger partial charge in [-0.3, -0.25) is 0 Å². The van der Waals surface area contributed by atoms with Crippen molar-refractivity contribution in [2.24, 2.45) is 22.5 Å². The van der Waals surface area contributed by atoms with Gasteiger partial charge in [0.1, 0.15) is 6.10 Å². The van der Waals surface area contributed by atoms with Gasteiger partial charge in [-0.1, -0.05) is 25.5 Å². The third-order valence-corrected chi connectivity index (χ3v) is 4.83. The van der Waals surface area contributed by atoms with E-state index in [4.69, 9.17) is 10.6 Å². The Morgan fingerprint density at radius 2 is 2.37 bits per heavy atom. The molecule has 108 valence electrons. The lowest BCUT2D eigenvalue weighted by atomic mass is 9.55. The summed E-state index contributed by atoms with van der Waals surface area (Å²) in [6, 6.07) is 0. The van der Waals surface area contributed by atoms with Crippen molar-refractivity contribution < 1.29 is 9.92 Å². The maximum atomic E-state index is 10.7. The molecule has 2 N–H and O–H groups in total. The maximum absolute atomic E-state index is 10.7. The zero-order chi connectivity index (χ0) is 14.3. The second-order valence-electron chi connectivity index (χ2n) is 6.86. The third kappa shape index (κ3) is 2.76. The average Bonchev–Trinajstić information content (AvgIpc) is 2.26. The van der Waals surface area contributed by atoms with E-state index in [0.29, 0.717) is 12.5 Å². The summed E-state index contributed by atoms with van der Waals surface area (Å²) in [5, 5.41) is 10.0. The van der Waals surface area contributed by atoms with Crippen molar-refractivity contribution in [3.05, 3.63) is 21.8 Å². The summed E-state index contributed by atoms with van der Waals surface area (Å²) < 4.78 is 0. The average molecular weight is 268 g/mol. The highest BCUT2D eigenvalue weighted by molar-refractivity contribution is 5.22. The lowest BCUT2D eigenvalue weighted by Gasteiger charge is -2.52. The molecule has 0 radical (unpaired) electrons. The predicted octanol–water partition coefficient (Wildman–Crippen LogP) is 2.68. The molecule has 4 unspecified atom stereocenters. The van der Waals surface area contributed by atoms with E-state index in [-0.39, 0.29) is 16.9 Å². The number of hydrogen-bond acceptors (Lipinski definition) is 4. The number of fused-ring (bicyclic) bond motifs is 2. The monoisotopic (exact) mass is 268 g/mol. The van der Waals surface area contributed by atoms with E-state index >= 15 is 0 Å². The fraction of sp³-hybridized carbons (Fsp3) is 0.857. The van der Waals surface area contributed by atoms with Gasteiger partial charge in [-0.15, -0.1) is 10.1 Å². The van der Waals surface area contributed by atoms with Crippen LogP contribution in [0.15, 0.2) is 11.6 Å². The Morgan fingerprint density at radius 3 is 2.95 bits per heavy atom. The van der Waals surface area contributed by atoms with Crippen molar-refractivity contribution in [1.29, 1.82) is 0 Å². The zero-order valence-electron chi connectivity index (χ0n) is 12.0. The van der Waals surface area contributed by atoms with Gasteiger partial charge in [0.15, 0.2) is 0 Å². The molecule has 0 spiro atoms. The van der Waals surface area contributed by atoms with E-state index in [0.717, 1.165) is 25.7 Å². The molecule has 0 aromatic heterocycles. The summed E-state index contributed by atoms with van der Waals surface area (Å²) in [6.07, 6.45) is 5.79. The van der Waals surface area contributed by atoms with Crippen molar-refractivity contribution >= 4 is 0 Å². The van der Waals surface area contributed by atoms with E-state index in [1.807, 2.05) is 6.92 Å². The van der Waals surface area contributed by atoms with Gasteiger partial charge in [-0.05, 0) is 43.9 Å². The van der Waals surface area contributed by atoms with Crippen molar-refractivity contribution in [2.75, 3.05) is 6.54 Å². The van der Waals surface area contributed by atoms with Crippen LogP contribution in [0.2, 0.25) is 0 Å². The molecule has 5 heteroatoms. The molecule has 4 atom stereocenters. The molecule has 1 fully saturated rings. The van der Waals surface area contributed by atoms with Crippen molar-refractivity contribution in [3.8, 4) is 0 Å². The number of allylic oxidation sites excluding steroid dienone is 1. The quantitative estimate of drug-likeness (QED) is 0.483. The SMILES string of the molecule is CC1CC2=CC(C)(CN)CC(C(C)O[N+](=O)[O-])(C2)C1. The van der Waals surface area contributed by atoms with E-state index in [1.54, 1.807) is 0 Å². The van der Waals surface area contributed by atoms with Gasteiger partial charge in [0.2, 0.25) is 0 Å². The first kappa shape index (κ1) is 14.3. The van der Waals surface area contributed by atoms with Gasteiger partial charge in [0.05, 0.1) is 0 Å². The van der Waals surface area contributed by atoms with Crippen LogP contribution in [-0.2, 0) is 4.84 Å². The number of hydrogen-bond donors (Lipinski definition) is 1. The van der Waals surface area contributed by atoms with Gasteiger partial charge < -0.3 is 10.6 Å². The molecule has 0 amide bonds. The summed E-state index contributed by atoms with van der Waals surface area (Å²) >= 11 is 0. The van der Waals surface area contributed by atoms with Crippen LogP contribution in [0.4, 0.5) is 0 Å². The first-order valence-electron chi connectivity index (χ1n) is 7.00. The predicted molar refractivity (Wildman–Crippen MR) is 72.9 cm³/mol. The molecule has 0 heterocycles. The number of nitrogens with two attached hydrogens (primary N) is 1. The van der Waals surface area contributed by atoms with Gasteiger partial charge in [-0.2, -0.15) is 0 Å². The fourth-order valence-electron chi connectivity index (χ4n) is 4.23. The molecule has 0 aromatic carbocycles. The Kier molecular flexibility index (Phi) is 3.60. The van der Waals surface area contributed by atoms with Crippen LogP contribution in [0.3, 0.4) is 0 Å². The Bertz CT molecular complexity index is 409. The number of rotatable bonds is 4. The van der Waals surface area contributed by atoms with Crippen LogP contribution in [0, 0.1) is 26.9 Å². The molecule has 2 aliphatic carbocycles. The molecule has 0 saturated heterocycles. The fourth-order valence-corrected chi connectivity index (χ4v) is 4.23. The molecule has 2 aliphatic rings. The molecule has 19 heavy (non-hydrogen) atoms. The minimum Gasteiger partial charge on any atom is -0.330 e. The summed E-state index contributed by atoms with van der Waals surface area (Å²) in [7, 11) is 0. The van der Waals surface area contributed by atoms with Gasteiger partial charge >= 0.3 is 0 Å². The van der Waals surface area contributed by atoms with Gasteiger partial charge in [0, 0.05) is 12.0 Å². The topological polar surface area (TPSA) is 78.4 Å². The standard InChI is InChI=1S/C14H24N2O3/c1-10-4-12-6-13(3,9-15)8-14(5-10,7-12)11(2)19-16(17)18/h6,10-11H,4-5,7-9,15H2,1-3H3. The Balaban J connectivity index is 2.32. The maximum Gasteiger partial charge on any atom is 0.294 e. The van der Waals surface area contributed by atoms with Gasteiger partial charge in [0.25, 0.3) is 5.09 Å². The van der Waals surface area contributed by atoms with Crippen LogP contribution in [0.5, 0.6) is 0 Å². The molecule has 1 saturated carbocycles. The normalized spacial score (nSPS) is 39.4. The Hall–Kier alpha value is -1.10. The zero-order valence-corrected chi connectivity index (χ0v) is 12.0. The minimum absolute atomic E-state index is 0.0536. The first-order valence-corrected chi connectivity index (χ1v) is 7.00. The largest absolute Gasteiger partial charge is 0.330 e. The number of nitrogens with zero attached hydrogens (tertiary/aromatic N) is 1. The first-order chi connectivity index (χ1) is 8.78. The van der Waals surface area contributed by atoms with E-state index in [9.17, 15) is 10.1 Å². The molecule has 2 bridgehead atoms. The highest BCUT2D eigenvalue weighted by atomic mass is 17.0. The van der Waals surface area contributed by atoms with Gasteiger partial charge in [-0.25, -0.2) is 0 Å². The van der Waals surface area contributed by atoms with Crippen LogP contribution in [-0.4, -0.2) is 17.7 Å². The van der Waals surface area contributed by atoms with Crippen molar-refractivity contribution in [2.45, 2.75) is 52.6 Å². The summed E-state index contributed by atoms with van der Waals surface area (Å²) in [6.45, 7) is 6.78. The van der Waals surface area contributed by atoms with Crippen LogP contribution in [0.25, 0.3) is 0 Å². The highest BCUT2D eigenvalue weighted by Crippen LogP contribution is 2.55. The molecule has 0 aromatic rings. The molecular weight excluding hydrogens is 244 g/mol.